The van der Waals surface area contributed by atoms with Crippen molar-refractivity contribution in [2.45, 2.75) is 32.3 Å². The molecule has 5 heteroatoms. The van der Waals surface area contributed by atoms with Gasteiger partial charge in [-0.15, -0.1) is 0 Å². The Hall–Kier alpha value is -1.88. The number of aliphatic hydroxyl groups excluding tert-OH is 1. The first-order valence-electron chi connectivity index (χ1n) is 6.81. The Morgan fingerprint density at radius 1 is 1.35 bits per heavy atom. The summed E-state index contributed by atoms with van der Waals surface area (Å²) in [5, 5.41) is 14.6. The van der Waals surface area contributed by atoms with Crippen LogP contribution in [-0.4, -0.2) is 33.1 Å². The Kier molecular flexibility index (Phi) is 4.74. The summed E-state index contributed by atoms with van der Waals surface area (Å²) < 4.78 is 6.86. The van der Waals surface area contributed by atoms with E-state index < -0.39 is 6.10 Å². The molecule has 0 amide bonds. The van der Waals surface area contributed by atoms with Gasteiger partial charge in [-0.05, 0) is 18.1 Å². The van der Waals surface area contributed by atoms with Crippen LogP contribution in [0.5, 0.6) is 5.88 Å². The van der Waals surface area contributed by atoms with E-state index in [-0.39, 0.29) is 0 Å². The topological polar surface area (TPSA) is 60.2 Å². The van der Waals surface area contributed by atoms with E-state index >= 15 is 0 Å². The summed E-state index contributed by atoms with van der Waals surface area (Å²) in [4.78, 5) is 4.14. The van der Waals surface area contributed by atoms with Gasteiger partial charge in [-0.2, -0.15) is 5.10 Å². The Labute approximate surface area is 119 Å². The lowest BCUT2D eigenvalue weighted by Gasteiger charge is -2.10. The highest BCUT2D eigenvalue weighted by Crippen LogP contribution is 2.12. The molecular formula is C15H21N3O2. The molecule has 0 aliphatic heterocycles. The molecule has 5 nitrogen and oxygen atoms in total. The van der Waals surface area contributed by atoms with E-state index in [0.29, 0.717) is 18.7 Å². The lowest BCUT2D eigenvalue weighted by molar-refractivity contribution is 0.172. The van der Waals surface area contributed by atoms with Gasteiger partial charge in [-0.25, -0.2) is 4.98 Å². The normalized spacial score (nSPS) is 12.4. The minimum Gasteiger partial charge on any atom is -0.481 e. The van der Waals surface area contributed by atoms with Crippen LogP contribution in [0.2, 0.25) is 0 Å². The predicted molar refractivity (Wildman–Crippen MR) is 76.8 cm³/mol. The summed E-state index contributed by atoms with van der Waals surface area (Å²) in [7, 11) is 3.50. The molecule has 1 N–H and O–H groups in total. The van der Waals surface area contributed by atoms with Gasteiger partial charge in [-0.1, -0.05) is 13.0 Å². The van der Waals surface area contributed by atoms with Crippen molar-refractivity contribution in [3.63, 3.8) is 0 Å². The fourth-order valence-corrected chi connectivity index (χ4v) is 2.17. The number of ether oxygens (including phenoxy) is 1. The summed E-state index contributed by atoms with van der Waals surface area (Å²) in [5.74, 6) is 0.586. The first kappa shape index (κ1) is 14.5. The number of nitrogens with zero attached hydrogens (tertiary/aromatic N) is 3. The minimum absolute atomic E-state index is 0.440. The third kappa shape index (κ3) is 3.57. The van der Waals surface area contributed by atoms with E-state index in [4.69, 9.17) is 4.74 Å². The van der Waals surface area contributed by atoms with E-state index in [1.165, 1.54) is 0 Å². The molecule has 2 heterocycles. The number of aromatic nitrogens is 3. The molecule has 0 saturated carbocycles. The van der Waals surface area contributed by atoms with Crippen LogP contribution in [0.15, 0.2) is 24.4 Å². The van der Waals surface area contributed by atoms with Gasteiger partial charge in [0.1, 0.15) is 0 Å². The van der Waals surface area contributed by atoms with Crippen LogP contribution >= 0.6 is 0 Å². The van der Waals surface area contributed by atoms with Crippen LogP contribution in [0.3, 0.4) is 0 Å². The molecule has 0 radical (unpaired) electrons. The number of rotatable bonds is 6. The average molecular weight is 275 g/mol. The molecule has 2 rings (SSSR count). The highest BCUT2D eigenvalue weighted by Gasteiger charge is 2.11. The van der Waals surface area contributed by atoms with Crippen molar-refractivity contribution >= 4 is 0 Å². The molecule has 0 fully saturated rings. The van der Waals surface area contributed by atoms with Gasteiger partial charge in [0.25, 0.3) is 0 Å². The highest BCUT2D eigenvalue weighted by atomic mass is 16.5. The van der Waals surface area contributed by atoms with Crippen LogP contribution in [0, 0.1) is 0 Å². The fraction of sp³-hybridized carbons (Fsp3) is 0.467. The first-order valence-corrected chi connectivity index (χ1v) is 6.81. The predicted octanol–water partition coefficient (Wildman–Crippen LogP) is 1.53. The molecule has 1 unspecified atom stereocenters. The van der Waals surface area contributed by atoms with Crippen molar-refractivity contribution in [2.24, 2.45) is 7.05 Å². The van der Waals surface area contributed by atoms with Crippen molar-refractivity contribution in [1.82, 2.24) is 14.8 Å². The van der Waals surface area contributed by atoms with Crippen LogP contribution in [0.25, 0.3) is 0 Å². The number of aryl methyl sites for hydroxylation is 2. The standard InChI is InChI=1S/C15H21N3O2/c1-4-12-8-13(18(2)17-12)9-14(19)7-11-5-6-15(20-3)16-10-11/h5-6,8,10,14,19H,4,7,9H2,1-3H3. The molecule has 0 aliphatic rings. The molecule has 20 heavy (non-hydrogen) atoms. The second-order valence-corrected chi connectivity index (χ2v) is 4.88. The third-order valence-corrected chi connectivity index (χ3v) is 3.31. The third-order valence-electron chi connectivity index (χ3n) is 3.31. The van der Waals surface area contributed by atoms with Gasteiger partial charge in [0, 0.05) is 37.8 Å². The van der Waals surface area contributed by atoms with E-state index in [9.17, 15) is 5.11 Å². The molecule has 1 atom stereocenters. The Balaban J connectivity index is 1.97. The van der Waals surface area contributed by atoms with Crippen LogP contribution < -0.4 is 4.74 Å². The number of aliphatic hydroxyl groups is 1. The summed E-state index contributed by atoms with van der Waals surface area (Å²) in [6, 6.07) is 5.78. The largest absolute Gasteiger partial charge is 0.481 e. The van der Waals surface area contributed by atoms with Gasteiger partial charge >= 0.3 is 0 Å². The van der Waals surface area contributed by atoms with Crippen molar-refractivity contribution in [3.8, 4) is 5.88 Å². The van der Waals surface area contributed by atoms with E-state index in [2.05, 4.69) is 23.1 Å². The summed E-state index contributed by atoms with van der Waals surface area (Å²) in [6.07, 6.45) is 3.37. The second kappa shape index (κ2) is 6.52. The van der Waals surface area contributed by atoms with Gasteiger partial charge in [0.15, 0.2) is 0 Å². The number of pyridine rings is 1. The quantitative estimate of drug-likeness (QED) is 0.868. The van der Waals surface area contributed by atoms with Gasteiger partial charge in [0.05, 0.1) is 18.9 Å². The molecule has 0 aromatic carbocycles. The molecular weight excluding hydrogens is 254 g/mol. The summed E-state index contributed by atoms with van der Waals surface area (Å²) in [5.41, 5.74) is 3.10. The Morgan fingerprint density at radius 3 is 2.70 bits per heavy atom. The van der Waals surface area contributed by atoms with Crippen molar-refractivity contribution < 1.29 is 9.84 Å². The Bertz CT molecular complexity index is 549. The minimum atomic E-state index is -0.440. The monoisotopic (exact) mass is 275 g/mol. The van der Waals surface area contributed by atoms with Crippen molar-refractivity contribution in [1.29, 1.82) is 0 Å². The van der Waals surface area contributed by atoms with Gasteiger partial charge < -0.3 is 9.84 Å². The summed E-state index contributed by atoms with van der Waals surface area (Å²) >= 11 is 0. The maximum atomic E-state index is 10.2. The number of methoxy groups -OCH3 is 1. The zero-order valence-corrected chi connectivity index (χ0v) is 12.2. The molecule has 2 aromatic heterocycles. The SMILES string of the molecule is CCc1cc(CC(O)Cc2ccc(OC)nc2)n(C)n1. The maximum Gasteiger partial charge on any atom is 0.212 e. The Morgan fingerprint density at radius 2 is 2.15 bits per heavy atom. The van der Waals surface area contributed by atoms with Crippen LogP contribution in [0.1, 0.15) is 23.9 Å². The lowest BCUT2D eigenvalue weighted by atomic mass is 10.1. The van der Waals surface area contributed by atoms with Gasteiger partial charge in [0.2, 0.25) is 5.88 Å². The maximum absolute atomic E-state index is 10.2. The zero-order valence-electron chi connectivity index (χ0n) is 12.2. The van der Waals surface area contributed by atoms with Gasteiger partial charge in [-0.3, -0.25) is 4.68 Å². The smallest absolute Gasteiger partial charge is 0.212 e. The van der Waals surface area contributed by atoms with Crippen LogP contribution in [0.4, 0.5) is 0 Å². The molecule has 0 spiro atoms. The van der Waals surface area contributed by atoms with E-state index in [0.717, 1.165) is 23.4 Å². The second-order valence-electron chi connectivity index (χ2n) is 4.88. The first-order chi connectivity index (χ1) is 9.62. The lowest BCUT2D eigenvalue weighted by Crippen LogP contribution is -2.16. The fourth-order valence-electron chi connectivity index (χ4n) is 2.17. The molecule has 0 saturated heterocycles. The number of hydrogen-bond donors (Lipinski definition) is 1. The van der Waals surface area contributed by atoms with Crippen molar-refractivity contribution in [3.05, 3.63) is 41.3 Å². The molecule has 2 aromatic rings. The van der Waals surface area contributed by atoms with Crippen molar-refractivity contribution in [2.75, 3.05) is 7.11 Å². The molecule has 0 bridgehead atoms. The van der Waals surface area contributed by atoms with E-state index in [1.54, 1.807) is 19.4 Å². The summed E-state index contributed by atoms with van der Waals surface area (Å²) in [6.45, 7) is 2.07. The molecule has 0 aliphatic carbocycles. The van der Waals surface area contributed by atoms with Crippen LogP contribution in [-0.2, 0) is 26.3 Å². The molecule has 108 valence electrons. The highest BCUT2D eigenvalue weighted by molar-refractivity contribution is 5.19. The number of hydrogen-bond acceptors (Lipinski definition) is 4. The zero-order chi connectivity index (χ0) is 14.5. The van der Waals surface area contributed by atoms with E-state index in [1.807, 2.05) is 17.8 Å². The average Bonchev–Trinajstić information content (AvgIpc) is 2.80.